The Morgan fingerprint density at radius 1 is 1.25 bits per heavy atom. The second kappa shape index (κ2) is 4.72. The van der Waals surface area contributed by atoms with Crippen molar-refractivity contribution in [2.75, 3.05) is 6.54 Å². The lowest BCUT2D eigenvalue weighted by atomic mass is 9.95. The van der Waals surface area contributed by atoms with Gasteiger partial charge in [0.1, 0.15) is 0 Å². The zero-order chi connectivity index (χ0) is 12.3. The first-order chi connectivity index (χ1) is 7.33. The van der Waals surface area contributed by atoms with Crippen molar-refractivity contribution in [2.45, 2.75) is 32.4 Å². The predicted octanol–water partition coefficient (Wildman–Crippen LogP) is 1.30. The van der Waals surface area contributed by atoms with Gasteiger partial charge in [0.25, 0.3) is 0 Å². The number of rotatable bonds is 4. The molecule has 1 aromatic carbocycles. The van der Waals surface area contributed by atoms with Crippen molar-refractivity contribution >= 4 is 0 Å². The Morgan fingerprint density at radius 2 is 1.88 bits per heavy atom. The van der Waals surface area contributed by atoms with E-state index in [0.717, 1.165) is 0 Å². The van der Waals surface area contributed by atoms with Crippen molar-refractivity contribution < 1.29 is 15.3 Å². The van der Waals surface area contributed by atoms with Crippen molar-refractivity contribution in [3.05, 3.63) is 23.8 Å². The fourth-order valence-corrected chi connectivity index (χ4v) is 1.36. The monoisotopic (exact) mass is 225 g/mol. The topological polar surface area (TPSA) is 72.7 Å². The molecule has 0 saturated heterocycles. The maximum Gasteiger partial charge on any atom is 0.157 e. The van der Waals surface area contributed by atoms with Gasteiger partial charge in [-0.15, -0.1) is 0 Å². The van der Waals surface area contributed by atoms with Gasteiger partial charge in [-0.1, -0.05) is 19.9 Å². The average Bonchev–Trinajstić information content (AvgIpc) is 2.19. The first kappa shape index (κ1) is 12.8. The molecule has 1 rings (SSSR count). The second-order valence-electron chi connectivity index (χ2n) is 4.51. The van der Waals surface area contributed by atoms with E-state index in [-0.39, 0.29) is 17.5 Å². The van der Waals surface area contributed by atoms with Crippen molar-refractivity contribution in [1.82, 2.24) is 5.32 Å². The van der Waals surface area contributed by atoms with Gasteiger partial charge in [-0.3, -0.25) is 0 Å². The number of aromatic hydroxyl groups is 2. The molecular formula is C12H19NO3. The highest BCUT2D eigenvalue weighted by Crippen LogP contribution is 2.30. The summed E-state index contributed by atoms with van der Waals surface area (Å²) in [4.78, 5) is 0. The number of phenols is 2. The Kier molecular flexibility index (Phi) is 3.78. The molecule has 16 heavy (non-hydrogen) atoms. The summed E-state index contributed by atoms with van der Waals surface area (Å²) < 4.78 is 0. The van der Waals surface area contributed by atoms with Crippen LogP contribution in [0.5, 0.6) is 11.5 Å². The van der Waals surface area contributed by atoms with Gasteiger partial charge in [-0.2, -0.15) is 0 Å². The molecule has 1 atom stereocenters. The molecule has 0 radical (unpaired) electrons. The lowest BCUT2D eigenvalue weighted by Gasteiger charge is -2.25. The lowest BCUT2D eigenvalue weighted by Crippen LogP contribution is -2.38. The highest BCUT2D eigenvalue weighted by molar-refractivity contribution is 5.42. The number of aliphatic hydroxyl groups is 1. The van der Waals surface area contributed by atoms with Crippen LogP contribution < -0.4 is 5.32 Å². The van der Waals surface area contributed by atoms with Gasteiger partial charge in [0.2, 0.25) is 0 Å². The van der Waals surface area contributed by atoms with Crippen LogP contribution in [-0.4, -0.2) is 27.9 Å². The van der Waals surface area contributed by atoms with Gasteiger partial charge in [0.05, 0.1) is 5.60 Å². The Balaban J connectivity index is 2.84. The Bertz CT molecular complexity index is 361. The SMILES string of the molecule is CC(C)NCC(C)(O)c1ccc(O)c(O)c1. The first-order valence-corrected chi connectivity index (χ1v) is 5.31. The summed E-state index contributed by atoms with van der Waals surface area (Å²) in [5.41, 5.74) is -0.508. The molecule has 4 heteroatoms. The number of phenolic OH excluding ortho intramolecular Hbond substituents is 2. The van der Waals surface area contributed by atoms with Crippen molar-refractivity contribution in [2.24, 2.45) is 0 Å². The fourth-order valence-electron chi connectivity index (χ4n) is 1.36. The van der Waals surface area contributed by atoms with Crippen LogP contribution in [0.2, 0.25) is 0 Å². The third kappa shape index (κ3) is 3.12. The van der Waals surface area contributed by atoms with E-state index in [4.69, 9.17) is 0 Å². The van der Waals surface area contributed by atoms with Gasteiger partial charge in [-0.25, -0.2) is 0 Å². The van der Waals surface area contributed by atoms with E-state index in [1.807, 2.05) is 13.8 Å². The van der Waals surface area contributed by atoms with E-state index in [1.54, 1.807) is 13.0 Å². The van der Waals surface area contributed by atoms with Crippen molar-refractivity contribution in [1.29, 1.82) is 0 Å². The van der Waals surface area contributed by atoms with E-state index < -0.39 is 5.60 Å². The molecule has 0 spiro atoms. The summed E-state index contributed by atoms with van der Waals surface area (Å²) in [6.07, 6.45) is 0. The number of hydrogen-bond donors (Lipinski definition) is 4. The van der Waals surface area contributed by atoms with Crippen LogP contribution in [0.4, 0.5) is 0 Å². The molecule has 0 aliphatic rings. The summed E-state index contributed by atoms with van der Waals surface area (Å²) in [6, 6.07) is 4.61. The Morgan fingerprint density at radius 3 is 2.38 bits per heavy atom. The van der Waals surface area contributed by atoms with Crippen LogP contribution in [0.25, 0.3) is 0 Å². The minimum Gasteiger partial charge on any atom is -0.504 e. The Labute approximate surface area is 95.6 Å². The average molecular weight is 225 g/mol. The molecule has 0 amide bonds. The predicted molar refractivity (Wildman–Crippen MR) is 62.5 cm³/mol. The molecule has 4 nitrogen and oxygen atoms in total. The summed E-state index contributed by atoms with van der Waals surface area (Å²) in [5, 5.41) is 31.9. The van der Waals surface area contributed by atoms with E-state index in [1.165, 1.54) is 12.1 Å². The van der Waals surface area contributed by atoms with E-state index in [9.17, 15) is 15.3 Å². The van der Waals surface area contributed by atoms with Crippen LogP contribution in [0.1, 0.15) is 26.3 Å². The van der Waals surface area contributed by atoms with Crippen LogP contribution in [-0.2, 0) is 5.60 Å². The second-order valence-corrected chi connectivity index (χ2v) is 4.51. The molecule has 1 aromatic rings. The Hall–Kier alpha value is -1.26. The maximum absolute atomic E-state index is 10.2. The maximum atomic E-state index is 10.2. The van der Waals surface area contributed by atoms with Crippen LogP contribution in [0.15, 0.2) is 18.2 Å². The van der Waals surface area contributed by atoms with Crippen molar-refractivity contribution in [3.63, 3.8) is 0 Å². The zero-order valence-electron chi connectivity index (χ0n) is 9.86. The van der Waals surface area contributed by atoms with Gasteiger partial charge in [0, 0.05) is 12.6 Å². The molecule has 0 saturated carbocycles. The quantitative estimate of drug-likeness (QED) is 0.583. The largest absolute Gasteiger partial charge is 0.504 e. The van der Waals surface area contributed by atoms with Gasteiger partial charge in [-0.05, 0) is 24.6 Å². The fraction of sp³-hybridized carbons (Fsp3) is 0.500. The van der Waals surface area contributed by atoms with E-state index >= 15 is 0 Å². The molecule has 4 N–H and O–H groups in total. The lowest BCUT2D eigenvalue weighted by molar-refractivity contribution is 0.0546. The highest BCUT2D eigenvalue weighted by atomic mass is 16.3. The molecule has 0 bridgehead atoms. The molecule has 1 unspecified atom stereocenters. The zero-order valence-corrected chi connectivity index (χ0v) is 9.86. The normalized spacial score (nSPS) is 15.1. The summed E-state index contributed by atoms with van der Waals surface area (Å²) >= 11 is 0. The van der Waals surface area contributed by atoms with Crippen LogP contribution in [0, 0.1) is 0 Å². The molecule has 0 fully saturated rings. The third-order valence-electron chi connectivity index (χ3n) is 2.45. The van der Waals surface area contributed by atoms with Crippen LogP contribution >= 0.6 is 0 Å². The molecule has 0 heterocycles. The van der Waals surface area contributed by atoms with Crippen LogP contribution in [0.3, 0.4) is 0 Å². The van der Waals surface area contributed by atoms with Gasteiger partial charge >= 0.3 is 0 Å². The van der Waals surface area contributed by atoms with E-state index in [2.05, 4.69) is 5.32 Å². The minimum absolute atomic E-state index is 0.184. The molecular weight excluding hydrogens is 206 g/mol. The van der Waals surface area contributed by atoms with Gasteiger partial charge in [0.15, 0.2) is 11.5 Å². The molecule has 90 valence electrons. The summed E-state index contributed by atoms with van der Waals surface area (Å²) in [7, 11) is 0. The number of benzene rings is 1. The third-order valence-corrected chi connectivity index (χ3v) is 2.45. The first-order valence-electron chi connectivity index (χ1n) is 5.31. The molecule has 0 aliphatic heterocycles. The molecule has 0 aliphatic carbocycles. The molecule has 0 aromatic heterocycles. The van der Waals surface area contributed by atoms with Crippen molar-refractivity contribution in [3.8, 4) is 11.5 Å². The minimum atomic E-state index is -1.07. The number of nitrogens with one attached hydrogen (secondary N) is 1. The number of hydrogen-bond acceptors (Lipinski definition) is 4. The smallest absolute Gasteiger partial charge is 0.157 e. The summed E-state index contributed by atoms with van der Waals surface area (Å²) in [6.45, 7) is 6.03. The van der Waals surface area contributed by atoms with E-state index in [0.29, 0.717) is 12.1 Å². The summed E-state index contributed by atoms with van der Waals surface area (Å²) in [5.74, 6) is -0.404. The van der Waals surface area contributed by atoms with Gasteiger partial charge < -0.3 is 20.6 Å². The standard InChI is InChI=1S/C12H19NO3/c1-8(2)13-7-12(3,16)9-4-5-10(14)11(15)6-9/h4-6,8,13-16H,7H2,1-3H3. The highest BCUT2D eigenvalue weighted by Gasteiger charge is 2.23.